The average Bonchev–Trinajstić information content (AvgIpc) is 2.70. The summed E-state index contributed by atoms with van der Waals surface area (Å²) in [4.78, 5) is 6.90. The van der Waals surface area contributed by atoms with Gasteiger partial charge in [-0.25, -0.2) is 4.39 Å². The molecule has 6 heteroatoms. The molecule has 3 rings (SSSR count). The number of aliphatic imine (C=N–C) groups is 1. The number of piperidine rings is 1. The van der Waals surface area contributed by atoms with E-state index in [0.29, 0.717) is 12.1 Å². The van der Waals surface area contributed by atoms with Crippen molar-refractivity contribution < 1.29 is 4.39 Å². The Kier molecular flexibility index (Phi) is 9.87. The molecular formula is C23H32FIN4. The number of hydrogen-bond acceptors (Lipinski definition) is 2. The summed E-state index contributed by atoms with van der Waals surface area (Å²) in [5.74, 6) is 0.640. The molecule has 1 aliphatic rings. The predicted molar refractivity (Wildman–Crippen MR) is 129 cm³/mol. The van der Waals surface area contributed by atoms with Crippen molar-refractivity contribution in [3.63, 3.8) is 0 Å². The molecule has 0 aliphatic carbocycles. The first-order valence-electron chi connectivity index (χ1n) is 10.1. The smallest absolute Gasteiger partial charge is 0.191 e. The molecule has 0 bridgehead atoms. The fourth-order valence-corrected chi connectivity index (χ4v) is 3.81. The fraction of sp³-hybridized carbons (Fsp3) is 0.435. The summed E-state index contributed by atoms with van der Waals surface area (Å²) in [6, 6.07) is 18.4. The summed E-state index contributed by atoms with van der Waals surface area (Å²) in [5, 5.41) is 6.91. The third-order valence-corrected chi connectivity index (χ3v) is 5.40. The quantitative estimate of drug-likeness (QED) is 0.348. The van der Waals surface area contributed by atoms with Crippen molar-refractivity contribution in [3.05, 3.63) is 71.5 Å². The van der Waals surface area contributed by atoms with Crippen LogP contribution in [0, 0.1) is 5.82 Å². The Morgan fingerprint density at radius 2 is 1.90 bits per heavy atom. The highest BCUT2D eigenvalue weighted by Crippen LogP contribution is 2.19. The Hall–Kier alpha value is -1.67. The third kappa shape index (κ3) is 7.59. The number of nitrogens with zero attached hydrogens (tertiary/aromatic N) is 2. The van der Waals surface area contributed by atoms with Gasteiger partial charge in [-0.05, 0) is 49.4 Å². The number of rotatable bonds is 6. The van der Waals surface area contributed by atoms with Crippen LogP contribution in [-0.2, 0) is 13.0 Å². The zero-order chi connectivity index (χ0) is 19.8. The standard InChI is InChI=1S/C23H31FN4.HI/c1-18-15-22(12-14-28(18)17-20-7-4-3-5-8-20)27-23(25-2)26-13-11-19-9-6-10-21(24)16-19;/h3-10,16,18,22H,11-15,17H2,1-2H3,(H2,25,26,27);1H. The molecular weight excluding hydrogens is 478 g/mol. The second-order valence-electron chi connectivity index (χ2n) is 7.55. The first-order valence-corrected chi connectivity index (χ1v) is 10.1. The van der Waals surface area contributed by atoms with Gasteiger partial charge in [0.2, 0.25) is 0 Å². The van der Waals surface area contributed by atoms with Gasteiger partial charge in [0.15, 0.2) is 5.96 Å². The molecule has 2 aromatic carbocycles. The minimum atomic E-state index is -0.184. The topological polar surface area (TPSA) is 39.7 Å². The molecule has 1 heterocycles. The van der Waals surface area contributed by atoms with Gasteiger partial charge in [0.05, 0.1) is 0 Å². The Morgan fingerprint density at radius 3 is 2.59 bits per heavy atom. The number of hydrogen-bond donors (Lipinski definition) is 2. The molecule has 0 amide bonds. The van der Waals surface area contributed by atoms with E-state index in [1.807, 2.05) is 6.07 Å². The van der Waals surface area contributed by atoms with Crippen LogP contribution < -0.4 is 10.6 Å². The van der Waals surface area contributed by atoms with Crippen molar-refractivity contribution in [3.8, 4) is 0 Å². The summed E-state index contributed by atoms with van der Waals surface area (Å²) < 4.78 is 13.3. The fourth-order valence-electron chi connectivity index (χ4n) is 3.81. The summed E-state index contributed by atoms with van der Waals surface area (Å²) in [6.45, 7) is 5.12. The molecule has 2 N–H and O–H groups in total. The molecule has 2 atom stereocenters. The number of guanidine groups is 1. The highest BCUT2D eigenvalue weighted by Gasteiger charge is 2.25. The molecule has 29 heavy (non-hydrogen) atoms. The predicted octanol–water partition coefficient (Wildman–Crippen LogP) is 4.20. The zero-order valence-corrected chi connectivity index (χ0v) is 19.6. The maximum absolute atomic E-state index is 13.3. The first kappa shape index (κ1) is 23.6. The molecule has 0 saturated carbocycles. The van der Waals surface area contributed by atoms with Crippen molar-refractivity contribution in [2.24, 2.45) is 4.99 Å². The molecule has 2 unspecified atom stereocenters. The summed E-state index contributed by atoms with van der Waals surface area (Å²) in [5.41, 5.74) is 2.36. The SMILES string of the molecule is CN=C(NCCc1cccc(F)c1)NC1CCN(Cc2ccccc2)C(C)C1.I. The van der Waals surface area contributed by atoms with Crippen LogP contribution in [0.15, 0.2) is 59.6 Å². The highest BCUT2D eigenvalue weighted by atomic mass is 127. The number of halogens is 2. The van der Waals surface area contributed by atoms with Gasteiger partial charge in [0.1, 0.15) is 5.82 Å². The molecule has 1 aliphatic heterocycles. The van der Waals surface area contributed by atoms with Crippen LogP contribution in [0.2, 0.25) is 0 Å². The van der Waals surface area contributed by atoms with Crippen molar-refractivity contribution in [2.75, 3.05) is 20.1 Å². The maximum Gasteiger partial charge on any atom is 0.191 e. The monoisotopic (exact) mass is 510 g/mol. The lowest BCUT2D eigenvalue weighted by Crippen LogP contribution is -2.51. The van der Waals surface area contributed by atoms with Crippen LogP contribution in [-0.4, -0.2) is 43.1 Å². The van der Waals surface area contributed by atoms with Crippen molar-refractivity contribution in [1.29, 1.82) is 0 Å². The molecule has 0 spiro atoms. The molecule has 0 radical (unpaired) electrons. The lowest BCUT2D eigenvalue weighted by Gasteiger charge is -2.38. The normalized spacial score (nSPS) is 20.0. The number of nitrogens with one attached hydrogen (secondary N) is 2. The number of benzene rings is 2. The molecule has 4 nitrogen and oxygen atoms in total. The Morgan fingerprint density at radius 1 is 1.14 bits per heavy atom. The van der Waals surface area contributed by atoms with Crippen molar-refractivity contribution in [2.45, 2.75) is 44.8 Å². The average molecular weight is 510 g/mol. The summed E-state index contributed by atoms with van der Waals surface area (Å²) in [7, 11) is 1.80. The highest BCUT2D eigenvalue weighted by molar-refractivity contribution is 14.0. The Labute approximate surface area is 191 Å². The maximum atomic E-state index is 13.3. The molecule has 158 valence electrons. The van der Waals surface area contributed by atoms with E-state index in [0.717, 1.165) is 50.4 Å². The van der Waals surface area contributed by atoms with Gasteiger partial charge in [-0.3, -0.25) is 9.89 Å². The summed E-state index contributed by atoms with van der Waals surface area (Å²) in [6.07, 6.45) is 2.96. The molecule has 2 aromatic rings. The molecule has 1 fully saturated rings. The van der Waals surface area contributed by atoms with Crippen LogP contribution in [0.5, 0.6) is 0 Å². The van der Waals surface area contributed by atoms with Gasteiger partial charge >= 0.3 is 0 Å². The lowest BCUT2D eigenvalue weighted by atomic mass is 9.97. The van der Waals surface area contributed by atoms with Crippen molar-refractivity contribution >= 4 is 29.9 Å². The van der Waals surface area contributed by atoms with Gasteiger partial charge < -0.3 is 10.6 Å². The van der Waals surface area contributed by atoms with Gasteiger partial charge in [-0.15, -0.1) is 24.0 Å². The first-order chi connectivity index (χ1) is 13.6. The van der Waals surface area contributed by atoms with Crippen LogP contribution in [0.25, 0.3) is 0 Å². The van der Waals surface area contributed by atoms with Gasteiger partial charge in [0.25, 0.3) is 0 Å². The van der Waals surface area contributed by atoms with E-state index in [1.165, 1.54) is 11.6 Å². The van der Waals surface area contributed by atoms with Crippen LogP contribution >= 0.6 is 24.0 Å². The van der Waals surface area contributed by atoms with E-state index in [1.54, 1.807) is 19.2 Å². The molecule has 0 aromatic heterocycles. The second-order valence-corrected chi connectivity index (χ2v) is 7.55. The minimum absolute atomic E-state index is 0. The van der Waals surface area contributed by atoms with Crippen LogP contribution in [0.3, 0.4) is 0 Å². The van der Waals surface area contributed by atoms with Crippen molar-refractivity contribution in [1.82, 2.24) is 15.5 Å². The van der Waals surface area contributed by atoms with E-state index >= 15 is 0 Å². The van der Waals surface area contributed by atoms with E-state index in [9.17, 15) is 4.39 Å². The molecule has 1 saturated heterocycles. The minimum Gasteiger partial charge on any atom is -0.356 e. The van der Waals surface area contributed by atoms with E-state index in [2.05, 4.69) is 57.8 Å². The zero-order valence-electron chi connectivity index (χ0n) is 17.3. The van der Waals surface area contributed by atoms with Gasteiger partial charge in [-0.2, -0.15) is 0 Å². The van der Waals surface area contributed by atoms with Gasteiger partial charge in [0, 0.05) is 38.8 Å². The largest absolute Gasteiger partial charge is 0.356 e. The summed E-state index contributed by atoms with van der Waals surface area (Å²) >= 11 is 0. The van der Waals surface area contributed by atoms with Crippen LogP contribution in [0.1, 0.15) is 30.9 Å². The van der Waals surface area contributed by atoms with Crippen LogP contribution in [0.4, 0.5) is 4.39 Å². The van der Waals surface area contributed by atoms with E-state index in [-0.39, 0.29) is 29.8 Å². The third-order valence-electron chi connectivity index (χ3n) is 5.40. The van der Waals surface area contributed by atoms with E-state index < -0.39 is 0 Å². The number of likely N-dealkylation sites (tertiary alicyclic amines) is 1. The second kappa shape index (κ2) is 12.1. The Balaban J connectivity index is 0.00000300. The van der Waals surface area contributed by atoms with Gasteiger partial charge in [-0.1, -0.05) is 42.5 Å². The lowest BCUT2D eigenvalue weighted by molar-refractivity contribution is 0.134. The Bertz CT molecular complexity index is 768. The van der Waals surface area contributed by atoms with E-state index in [4.69, 9.17) is 0 Å².